The molecule has 2 N–H and O–H groups in total. The number of benzene rings is 1. The van der Waals surface area contributed by atoms with Gasteiger partial charge in [-0.2, -0.15) is 0 Å². The standard InChI is InChI=1S/C35H46N6O3/c1-6-39-14-16-40(17-15-39)32-13-12-27(21-36-32)28-19-29(33(42)37-22-30-23(3)18-24(4)38-34(30)43)25(5)31(20-28)41(7-2)35(44)26-10-8-9-11-26/h12-13,18-21,26H,6-11,14-17,22H2,1-5H3,(H,37,42)(H,38,43). The predicted molar refractivity (Wildman–Crippen MR) is 176 cm³/mol. The van der Waals surface area contributed by atoms with Crippen molar-refractivity contribution >= 4 is 23.3 Å². The average molecular weight is 599 g/mol. The van der Waals surface area contributed by atoms with Crippen LogP contribution in [0, 0.1) is 26.7 Å². The molecule has 2 fully saturated rings. The Morgan fingerprint density at radius 1 is 1.00 bits per heavy atom. The average Bonchev–Trinajstić information content (AvgIpc) is 3.57. The van der Waals surface area contributed by atoms with Crippen molar-refractivity contribution in [2.24, 2.45) is 5.92 Å². The van der Waals surface area contributed by atoms with Crippen molar-refractivity contribution in [2.75, 3.05) is 49.1 Å². The molecule has 1 aliphatic carbocycles. The highest BCUT2D eigenvalue weighted by molar-refractivity contribution is 6.02. The molecule has 1 aliphatic heterocycles. The fourth-order valence-electron chi connectivity index (χ4n) is 6.62. The fraction of sp³-hybridized carbons (Fsp3) is 0.486. The second kappa shape index (κ2) is 13.8. The molecule has 3 heterocycles. The molecule has 2 aliphatic rings. The molecule has 3 aromatic rings. The van der Waals surface area contributed by atoms with E-state index in [2.05, 4.69) is 33.1 Å². The number of carbonyl (C=O) groups excluding carboxylic acids is 2. The van der Waals surface area contributed by atoms with Gasteiger partial charge < -0.3 is 25.0 Å². The first-order valence-corrected chi connectivity index (χ1v) is 16.1. The molecule has 0 bridgehead atoms. The number of amides is 2. The summed E-state index contributed by atoms with van der Waals surface area (Å²) in [7, 11) is 0. The monoisotopic (exact) mass is 598 g/mol. The van der Waals surface area contributed by atoms with Crippen molar-refractivity contribution in [3.63, 3.8) is 0 Å². The predicted octanol–water partition coefficient (Wildman–Crippen LogP) is 4.98. The molecule has 1 saturated heterocycles. The number of carbonyl (C=O) groups is 2. The Kier molecular flexibility index (Phi) is 9.84. The lowest BCUT2D eigenvalue weighted by molar-refractivity contribution is -0.122. The topological polar surface area (TPSA) is 102 Å². The maximum atomic E-state index is 13.8. The van der Waals surface area contributed by atoms with Gasteiger partial charge in [0, 0.05) is 79.5 Å². The van der Waals surface area contributed by atoms with Gasteiger partial charge in [-0.1, -0.05) is 19.8 Å². The molecule has 0 radical (unpaired) electrons. The Bertz CT molecular complexity index is 1550. The summed E-state index contributed by atoms with van der Waals surface area (Å²) < 4.78 is 0. The lowest BCUT2D eigenvalue weighted by Gasteiger charge is -2.34. The molecule has 9 heteroatoms. The van der Waals surface area contributed by atoms with Crippen LogP contribution in [0.1, 0.15) is 72.3 Å². The molecule has 2 amide bonds. The molecular weight excluding hydrogens is 552 g/mol. The van der Waals surface area contributed by atoms with Gasteiger partial charge in [0.15, 0.2) is 0 Å². The minimum absolute atomic E-state index is 0.0145. The van der Waals surface area contributed by atoms with Crippen LogP contribution < -0.4 is 20.7 Å². The molecule has 1 saturated carbocycles. The smallest absolute Gasteiger partial charge is 0.253 e. The molecule has 234 valence electrons. The van der Waals surface area contributed by atoms with E-state index in [1.54, 1.807) is 0 Å². The molecule has 2 aromatic heterocycles. The number of aryl methyl sites for hydroxylation is 2. The van der Waals surface area contributed by atoms with Crippen LogP contribution in [0.4, 0.5) is 11.5 Å². The summed E-state index contributed by atoms with van der Waals surface area (Å²) in [5.41, 5.74) is 5.63. The molecule has 1 aromatic carbocycles. The van der Waals surface area contributed by atoms with Crippen LogP contribution >= 0.6 is 0 Å². The maximum Gasteiger partial charge on any atom is 0.253 e. The van der Waals surface area contributed by atoms with Gasteiger partial charge in [0.1, 0.15) is 5.82 Å². The lowest BCUT2D eigenvalue weighted by atomic mass is 9.96. The number of piperazine rings is 1. The first kappa shape index (κ1) is 31.4. The number of nitrogens with one attached hydrogen (secondary N) is 2. The van der Waals surface area contributed by atoms with Gasteiger partial charge in [-0.25, -0.2) is 4.98 Å². The van der Waals surface area contributed by atoms with Gasteiger partial charge in [0.05, 0.1) is 0 Å². The van der Waals surface area contributed by atoms with E-state index in [0.717, 1.165) is 97.9 Å². The summed E-state index contributed by atoms with van der Waals surface area (Å²) in [5.74, 6) is 0.798. The third-order valence-corrected chi connectivity index (χ3v) is 9.35. The fourth-order valence-corrected chi connectivity index (χ4v) is 6.62. The van der Waals surface area contributed by atoms with E-state index < -0.39 is 0 Å². The van der Waals surface area contributed by atoms with Gasteiger partial charge in [0.25, 0.3) is 11.5 Å². The number of hydrogen-bond acceptors (Lipinski definition) is 6. The van der Waals surface area contributed by atoms with Crippen molar-refractivity contribution in [2.45, 2.75) is 66.8 Å². The number of pyridine rings is 2. The van der Waals surface area contributed by atoms with E-state index in [1.165, 1.54) is 0 Å². The van der Waals surface area contributed by atoms with Gasteiger partial charge in [-0.3, -0.25) is 14.4 Å². The zero-order chi connectivity index (χ0) is 31.4. The van der Waals surface area contributed by atoms with Crippen LogP contribution in [0.5, 0.6) is 0 Å². The number of aromatic amines is 1. The Labute approximate surface area is 260 Å². The molecule has 0 spiro atoms. The van der Waals surface area contributed by atoms with Crippen LogP contribution in [0.2, 0.25) is 0 Å². The Morgan fingerprint density at radius 3 is 2.34 bits per heavy atom. The first-order chi connectivity index (χ1) is 21.2. The number of likely N-dealkylation sites (N-methyl/N-ethyl adjacent to an activating group) is 1. The zero-order valence-corrected chi connectivity index (χ0v) is 26.8. The van der Waals surface area contributed by atoms with E-state index in [1.807, 2.05) is 63.1 Å². The number of hydrogen-bond donors (Lipinski definition) is 2. The van der Waals surface area contributed by atoms with E-state index >= 15 is 0 Å². The highest BCUT2D eigenvalue weighted by atomic mass is 16.2. The molecule has 9 nitrogen and oxygen atoms in total. The summed E-state index contributed by atoms with van der Waals surface area (Å²) in [4.78, 5) is 54.3. The number of anilines is 2. The highest BCUT2D eigenvalue weighted by Gasteiger charge is 2.29. The van der Waals surface area contributed by atoms with Crippen LogP contribution in [0.3, 0.4) is 0 Å². The molecule has 0 atom stereocenters. The maximum absolute atomic E-state index is 13.8. The van der Waals surface area contributed by atoms with Gasteiger partial charge >= 0.3 is 0 Å². The summed E-state index contributed by atoms with van der Waals surface area (Å²) in [5, 5.41) is 2.98. The Hall–Kier alpha value is -3.98. The summed E-state index contributed by atoms with van der Waals surface area (Å²) >= 11 is 0. The van der Waals surface area contributed by atoms with Crippen molar-refractivity contribution in [1.82, 2.24) is 20.2 Å². The van der Waals surface area contributed by atoms with Gasteiger partial charge in [-0.05, 0) is 94.1 Å². The number of nitrogens with zero attached hydrogens (tertiary/aromatic N) is 4. The first-order valence-electron chi connectivity index (χ1n) is 16.1. The molecular formula is C35H46N6O3. The largest absolute Gasteiger partial charge is 0.354 e. The SMILES string of the molecule is CCN1CCN(c2ccc(-c3cc(C(=O)NCc4c(C)cc(C)[nH]c4=O)c(C)c(N(CC)C(=O)C4CCCC4)c3)cn2)CC1. The minimum Gasteiger partial charge on any atom is -0.354 e. The van der Waals surface area contributed by atoms with Crippen molar-refractivity contribution in [3.05, 3.63) is 74.8 Å². The van der Waals surface area contributed by atoms with E-state index in [4.69, 9.17) is 4.98 Å². The third-order valence-electron chi connectivity index (χ3n) is 9.35. The van der Waals surface area contributed by atoms with Crippen LogP contribution in [-0.4, -0.2) is 66.0 Å². The van der Waals surface area contributed by atoms with Crippen LogP contribution in [0.15, 0.2) is 41.3 Å². The van der Waals surface area contributed by atoms with Crippen molar-refractivity contribution in [3.8, 4) is 11.1 Å². The number of aromatic nitrogens is 2. The molecule has 44 heavy (non-hydrogen) atoms. The summed E-state index contributed by atoms with van der Waals surface area (Å²) in [6.45, 7) is 15.4. The quantitative estimate of drug-likeness (QED) is 0.361. The Balaban J connectivity index is 1.48. The second-order valence-corrected chi connectivity index (χ2v) is 12.2. The zero-order valence-electron chi connectivity index (χ0n) is 26.8. The van der Waals surface area contributed by atoms with E-state index in [0.29, 0.717) is 17.7 Å². The molecule has 0 unspecified atom stereocenters. The van der Waals surface area contributed by atoms with Gasteiger partial charge in [0.2, 0.25) is 5.91 Å². The van der Waals surface area contributed by atoms with Crippen LogP contribution in [0.25, 0.3) is 11.1 Å². The second-order valence-electron chi connectivity index (χ2n) is 12.2. The normalized spacial score (nSPS) is 15.9. The van der Waals surface area contributed by atoms with Crippen molar-refractivity contribution in [1.29, 1.82) is 0 Å². The summed E-state index contributed by atoms with van der Waals surface area (Å²) in [6, 6.07) is 9.90. The highest BCUT2D eigenvalue weighted by Crippen LogP contribution is 2.35. The summed E-state index contributed by atoms with van der Waals surface area (Å²) in [6.07, 6.45) is 5.82. The minimum atomic E-state index is -0.285. The lowest BCUT2D eigenvalue weighted by Crippen LogP contribution is -2.46. The van der Waals surface area contributed by atoms with E-state index in [-0.39, 0.29) is 29.8 Å². The molecule has 5 rings (SSSR count). The van der Waals surface area contributed by atoms with E-state index in [9.17, 15) is 14.4 Å². The number of rotatable bonds is 9. The van der Waals surface area contributed by atoms with Crippen molar-refractivity contribution < 1.29 is 9.59 Å². The van der Waals surface area contributed by atoms with Crippen LogP contribution in [-0.2, 0) is 11.3 Å². The van der Waals surface area contributed by atoms with Gasteiger partial charge in [-0.15, -0.1) is 0 Å². The Morgan fingerprint density at radius 2 is 1.73 bits per heavy atom. The number of H-pyrrole nitrogens is 1. The third kappa shape index (κ3) is 6.73.